The number of aliphatic hydroxyl groups is 1. The van der Waals surface area contributed by atoms with E-state index in [4.69, 9.17) is 11.6 Å². The average molecular weight is 271 g/mol. The Balaban J connectivity index is 2.29. The number of rotatable bonds is 8. The molecule has 0 bridgehead atoms. The number of likely N-dealkylation sites (N-methyl/N-ethyl adjacent to an activating group) is 1. The van der Waals surface area contributed by atoms with E-state index in [1.165, 1.54) is 0 Å². The van der Waals surface area contributed by atoms with Crippen molar-refractivity contribution in [3.63, 3.8) is 0 Å². The first-order valence-corrected chi connectivity index (χ1v) is 6.92. The van der Waals surface area contributed by atoms with Crippen LogP contribution in [0.5, 0.6) is 0 Å². The molecule has 0 radical (unpaired) electrons. The van der Waals surface area contributed by atoms with Gasteiger partial charge in [0.2, 0.25) is 0 Å². The Morgan fingerprint density at radius 2 is 1.94 bits per heavy atom. The second-order valence-corrected chi connectivity index (χ2v) is 4.68. The molecule has 0 saturated heterocycles. The summed E-state index contributed by atoms with van der Waals surface area (Å²) in [5, 5.41) is 13.9. The first-order valence-electron chi connectivity index (χ1n) is 6.54. The third kappa shape index (κ3) is 4.94. The molecule has 102 valence electrons. The van der Waals surface area contributed by atoms with E-state index in [0.717, 1.165) is 31.7 Å². The highest BCUT2D eigenvalue weighted by molar-refractivity contribution is 6.31. The minimum Gasteiger partial charge on any atom is -0.387 e. The largest absolute Gasteiger partial charge is 0.387 e. The Labute approximate surface area is 115 Å². The van der Waals surface area contributed by atoms with Gasteiger partial charge in [0.05, 0.1) is 6.10 Å². The SMILES string of the molecule is CCN(CC)CCNCC(O)c1ccccc1Cl. The fourth-order valence-corrected chi connectivity index (χ4v) is 2.13. The van der Waals surface area contributed by atoms with Crippen LogP contribution in [0.3, 0.4) is 0 Å². The summed E-state index contributed by atoms with van der Waals surface area (Å²) >= 11 is 6.03. The highest BCUT2D eigenvalue weighted by atomic mass is 35.5. The van der Waals surface area contributed by atoms with E-state index in [2.05, 4.69) is 24.1 Å². The number of halogens is 1. The normalized spacial score (nSPS) is 12.9. The summed E-state index contributed by atoms with van der Waals surface area (Å²) in [6, 6.07) is 7.42. The predicted octanol–water partition coefficient (Wildman–Crippen LogP) is 2.30. The molecule has 0 amide bonds. The van der Waals surface area contributed by atoms with E-state index in [0.29, 0.717) is 11.6 Å². The summed E-state index contributed by atoms with van der Waals surface area (Å²) in [6.45, 7) is 8.84. The maximum Gasteiger partial charge on any atom is 0.0928 e. The second kappa shape index (κ2) is 8.48. The Morgan fingerprint density at radius 1 is 1.28 bits per heavy atom. The number of aliphatic hydroxyl groups excluding tert-OH is 1. The van der Waals surface area contributed by atoms with Gasteiger partial charge in [-0.1, -0.05) is 43.6 Å². The number of hydrogen-bond donors (Lipinski definition) is 2. The fourth-order valence-electron chi connectivity index (χ4n) is 1.87. The van der Waals surface area contributed by atoms with Crippen molar-refractivity contribution in [1.82, 2.24) is 10.2 Å². The minimum atomic E-state index is -0.546. The molecule has 1 rings (SSSR count). The zero-order valence-electron chi connectivity index (χ0n) is 11.2. The molecule has 1 unspecified atom stereocenters. The van der Waals surface area contributed by atoms with Crippen LogP contribution in [0.4, 0.5) is 0 Å². The van der Waals surface area contributed by atoms with Crippen molar-refractivity contribution in [3.05, 3.63) is 34.9 Å². The van der Waals surface area contributed by atoms with Crippen LogP contribution < -0.4 is 5.32 Å². The van der Waals surface area contributed by atoms with E-state index in [9.17, 15) is 5.11 Å². The molecule has 18 heavy (non-hydrogen) atoms. The van der Waals surface area contributed by atoms with Crippen molar-refractivity contribution in [2.24, 2.45) is 0 Å². The van der Waals surface area contributed by atoms with E-state index < -0.39 is 6.10 Å². The van der Waals surface area contributed by atoms with Crippen LogP contribution in [0.25, 0.3) is 0 Å². The predicted molar refractivity (Wildman–Crippen MR) is 77.1 cm³/mol. The Hall–Kier alpha value is -0.610. The van der Waals surface area contributed by atoms with Gasteiger partial charge in [-0.3, -0.25) is 0 Å². The molecule has 3 nitrogen and oxygen atoms in total. The molecule has 0 heterocycles. The van der Waals surface area contributed by atoms with Crippen LogP contribution in [-0.2, 0) is 0 Å². The van der Waals surface area contributed by atoms with Crippen LogP contribution in [0, 0.1) is 0 Å². The molecule has 0 spiro atoms. The van der Waals surface area contributed by atoms with Crippen LogP contribution in [0.1, 0.15) is 25.5 Å². The Bertz CT molecular complexity index is 342. The summed E-state index contributed by atoms with van der Waals surface area (Å²) in [5.74, 6) is 0. The molecule has 0 aliphatic carbocycles. The third-order valence-electron chi connectivity index (χ3n) is 3.10. The lowest BCUT2D eigenvalue weighted by Gasteiger charge is -2.19. The second-order valence-electron chi connectivity index (χ2n) is 4.27. The number of benzene rings is 1. The molecular weight excluding hydrogens is 248 g/mol. The lowest BCUT2D eigenvalue weighted by atomic mass is 10.1. The van der Waals surface area contributed by atoms with E-state index in [1.54, 1.807) is 6.07 Å². The molecule has 0 aliphatic rings. The maximum absolute atomic E-state index is 10.0. The molecule has 2 N–H and O–H groups in total. The van der Waals surface area contributed by atoms with Crippen molar-refractivity contribution < 1.29 is 5.11 Å². The zero-order chi connectivity index (χ0) is 13.4. The first-order chi connectivity index (χ1) is 8.69. The van der Waals surface area contributed by atoms with Crippen molar-refractivity contribution in [2.75, 3.05) is 32.7 Å². The molecule has 1 aromatic carbocycles. The molecule has 0 aliphatic heterocycles. The molecule has 0 saturated carbocycles. The minimum absolute atomic E-state index is 0.533. The lowest BCUT2D eigenvalue weighted by Crippen LogP contribution is -2.33. The summed E-state index contributed by atoms with van der Waals surface area (Å²) in [5.41, 5.74) is 0.787. The first kappa shape index (κ1) is 15.4. The highest BCUT2D eigenvalue weighted by Crippen LogP contribution is 2.21. The number of nitrogens with one attached hydrogen (secondary N) is 1. The van der Waals surface area contributed by atoms with Crippen LogP contribution in [0.2, 0.25) is 5.02 Å². The van der Waals surface area contributed by atoms with Gasteiger partial charge >= 0.3 is 0 Å². The van der Waals surface area contributed by atoms with Gasteiger partial charge in [-0.25, -0.2) is 0 Å². The van der Waals surface area contributed by atoms with E-state index in [-0.39, 0.29) is 0 Å². The third-order valence-corrected chi connectivity index (χ3v) is 3.45. The van der Waals surface area contributed by atoms with Gasteiger partial charge in [0.1, 0.15) is 0 Å². The van der Waals surface area contributed by atoms with Gasteiger partial charge in [-0.05, 0) is 19.2 Å². The maximum atomic E-state index is 10.0. The smallest absolute Gasteiger partial charge is 0.0928 e. The van der Waals surface area contributed by atoms with E-state index in [1.807, 2.05) is 18.2 Å². The van der Waals surface area contributed by atoms with Gasteiger partial charge in [-0.15, -0.1) is 0 Å². The lowest BCUT2D eigenvalue weighted by molar-refractivity contribution is 0.172. The van der Waals surface area contributed by atoms with Gasteiger partial charge in [-0.2, -0.15) is 0 Å². The summed E-state index contributed by atoms with van der Waals surface area (Å²) < 4.78 is 0. The molecule has 4 heteroatoms. The zero-order valence-corrected chi connectivity index (χ0v) is 12.0. The summed E-state index contributed by atoms with van der Waals surface area (Å²) in [6.07, 6.45) is -0.546. The van der Waals surface area contributed by atoms with Crippen molar-refractivity contribution in [1.29, 1.82) is 0 Å². The van der Waals surface area contributed by atoms with Gasteiger partial charge < -0.3 is 15.3 Å². The van der Waals surface area contributed by atoms with Gasteiger partial charge in [0, 0.05) is 30.2 Å². The average Bonchev–Trinajstić information content (AvgIpc) is 2.39. The van der Waals surface area contributed by atoms with Gasteiger partial charge in [0.15, 0.2) is 0 Å². The van der Waals surface area contributed by atoms with Crippen molar-refractivity contribution in [3.8, 4) is 0 Å². The Kier molecular flexibility index (Phi) is 7.28. The standard InChI is InChI=1S/C14H23ClN2O/c1-3-17(4-2)10-9-16-11-14(18)12-7-5-6-8-13(12)15/h5-8,14,16,18H,3-4,9-11H2,1-2H3. The van der Waals surface area contributed by atoms with E-state index >= 15 is 0 Å². The quantitative estimate of drug-likeness (QED) is 0.712. The van der Waals surface area contributed by atoms with Crippen LogP contribution >= 0.6 is 11.6 Å². The summed E-state index contributed by atoms with van der Waals surface area (Å²) in [7, 11) is 0. The fraction of sp³-hybridized carbons (Fsp3) is 0.571. The monoisotopic (exact) mass is 270 g/mol. The summed E-state index contributed by atoms with van der Waals surface area (Å²) in [4.78, 5) is 2.34. The topological polar surface area (TPSA) is 35.5 Å². The molecule has 1 aromatic rings. The molecule has 0 aromatic heterocycles. The van der Waals surface area contributed by atoms with Gasteiger partial charge in [0.25, 0.3) is 0 Å². The van der Waals surface area contributed by atoms with Crippen LogP contribution in [0.15, 0.2) is 24.3 Å². The number of nitrogens with zero attached hydrogens (tertiary/aromatic N) is 1. The van der Waals surface area contributed by atoms with Crippen LogP contribution in [-0.4, -0.2) is 42.7 Å². The molecule has 1 atom stereocenters. The molecular formula is C14H23ClN2O. The molecule has 0 fully saturated rings. The Morgan fingerprint density at radius 3 is 2.56 bits per heavy atom. The van der Waals surface area contributed by atoms with Crippen molar-refractivity contribution in [2.45, 2.75) is 20.0 Å². The number of hydrogen-bond acceptors (Lipinski definition) is 3. The highest BCUT2D eigenvalue weighted by Gasteiger charge is 2.10. The van der Waals surface area contributed by atoms with Crippen molar-refractivity contribution >= 4 is 11.6 Å².